The van der Waals surface area contributed by atoms with Gasteiger partial charge in [0, 0.05) is 24.7 Å². The fourth-order valence-corrected chi connectivity index (χ4v) is 1.98. The van der Waals surface area contributed by atoms with Crippen molar-refractivity contribution in [2.24, 2.45) is 0 Å². The predicted molar refractivity (Wildman–Crippen MR) is 65.6 cm³/mol. The minimum absolute atomic E-state index is 0.0209. The van der Waals surface area contributed by atoms with E-state index in [0.29, 0.717) is 29.8 Å². The van der Waals surface area contributed by atoms with E-state index in [1.54, 1.807) is 18.5 Å². The van der Waals surface area contributed by atoms with Gasteiger partial charge in [-0.15, -0.1) is 11.6 Å². The Kier molecular flexibility index (Phi) is 3.84. The lowest BCUT2D eigenvalue weighted by molar-refractivity contribution is 0.0750. The average Bonchev–Trinajstić information content (AvgIpc) is 3.19. The number of carbonyl (C=O) groups excluding carboxylic acids is 1. The third-order valence-corrected chi connectivity index (χ3v) is 2.98. The lowest BCUT2D eigenvalue weighted by atomic mass is 10.2. The molecule has 5 heteroatoms. The predicted octanol–water partition coefficient (Wildman–Crippen LogP) is 1.93. The molecular formula is C12H15ClN2O2. The maximum atomic E-state index is 12.4. The van der Waals surface area contributed by atoms with Gasteiger partial charge in [0.15, 0.2) is 0 Å². The summed E-state index contributed by atoms with van der Waals surface area (Å²) in [4.78, 5) is 18.1. The molecule has 0 spiro atoms. The van der Waals surface area contributed by atoms with Gasteiger partial charge in [-0.2, -0.15) is 0 Å². The molecule has 0 N–H and O–H groups in total. The Morgan fingerprint density at radius 1 is 1.65 bits per heavy atom. The van der Waals surface area contributed by atoms with Crippen LogP contribution in [0.3, 0.4) is 0 Å². The lowest BCUT2D eigenvalue weighted by Crippen LogP contribution is -2.35. The Labute approximate surface area is 106 Å². The van der Waals surface area contributed by atoms with Gasteiger partial charge in [-0.3, -0.25) is 9.78 Å². The number of ether oxygens (including phenoxy) is 1. The molecule has 4 nitrogen and oxygen atoms in total. The maximum absolute atomic E-state index is 12.4. The van der Waals surface area contributed by atoms with Crippen LogP contribution in [0.2, 0.25) is 0 Å². The van der Waals surface area contributed by atoms with Crippen LogP contribution < -0.4 is 4.74 Å². The van der Waals surface area contributed by atoms with E-state index >= 15 is 0 Å². The van der Waals surface area contributed by atoms with Crippen LogP contribution in [-0.2, 0) is 0 Å². The average molecular weight is 255 g/mol. The molecule has 1 heterocycles. The molecule has 1 amide bonds. The zero-order valence-electron chi connectivity index (χ0n) is 9.73. The molecule has 17 heavy (non-hydrogen) atoms. The van der Waals surface area contributed by atoms with Crippen molar-refractivity contribution < 1.29 is 9.53 Å². The van der Waals surface area contributed by atoms with E-state index in [1.165, 1.54) is 7.11 Å². The summed E-state index contributed by atoms with van der Waals surface area (Å²) in [5.74, 6) is 0.945. The van der Waals surface area contributed by atoms with Gasteiger partial charge in [-0.1, -0.05) is 0 Å². The standard InChI is InChI=1S/C12H15ClN2O2/c1-17-11-8-14-6-4-10(11)12(16)15(7-5-13)9-2-3-9/h4,6,8-9H,2-3,5,7H2,1H3. The number of hydrogen-bond donors (Lipinski definition) is 0. The summed E-state index contributed by atoms with van der Waals surface area (Å²) in [7, 11) is 1.54. The van der Waals surface area contributed by atoms with Crippen LogP contribution in [0.25, 0.3) is 0 Å². The van der Waals surface area contributed by atoms with Crippen LogP contribution in [0.4, 0.5) is 0 Å². The molecule has 0 bridgehead atoms. The highest BCUT2D eigenvalue weighted by Crippen LogP contribution is 2.29. The van der Waals surface area contributed by atoms with Crippen molar-refractivity contribution in [1.29, 1.82) is 0 Å². The molecule has 1 saturated carbocycles. The Hall–Kier alpha value is -1.29. The number of amides is 1. The van der Waals surface area contributed by atoms with Crippen LogP contribution in [-0.4, -0.2) is 41.4 Å². The van der Waals surface area contributed by atoms with E-state index in [9.17, 15) is 4.79 Å². The van der Waals surface area contributed by atoms with Crippen LogP contribution in [0.1, 0.15) is 23.2 Å². The van der Waals surface area contributed by atoms with Gasteiger partial charge in [0.2, 0.25) is 0 Å². The number of hydrogen-bond acceptors (Lipinski definition) is 3. The summed E-state index contributed by atoms with van der Waals surface area (Å²) in [6.45, 7) is 0.580. The van der Waals surface area contributed by atoms with Crippen LogP contribution in [0, 0.1) is 0 Å². The van der Waals surface area contributed by atoms with E-state index in [1.807, 2.05) is 4.90 Å². The van der Waals surface area contributed by atoms with Gasteiger partial charge in [0.1, 0.15) is 5.75 Å². The topological polar surface area (TPSA) is 42.4 Å². The highest BCUT2D eigenvalue weighted by molar-refractivity contribution is 6.18. The van der Waals surface area contributed by atoms with Gasteiger partial charge in [0.25, 0.3) is 5.91 Å². The van der Waals surface area contributed by atoms with Crippen molar-refractivity contribution in [2.75, 3.05) is 19.5 Å². The Morgan fingerprint density at radius 3 is 3.00 bits per heavy atom. The van der Waals surface area contributed by atoms with Crippen molar-refractivity contribution in [3.8, 4) is 5.75 Å². The number of methoxy groups -OCH3 is 1. The van der Waals surface area contributed by atoms with Crippen LogP contribution in [0.5, 0.6) is 5.75 Å². The fourth-order valence-electron chi connectivity index (χ4n) is 1.80. The molecule has 2 rings (SSSR count). The number of nitrogens with zero attached hydrogens (tertiary/aromatic N) is 2. The number of aromatic nitrogens is 1. The second-order valence-corrected chi connectivity index (χ2v) is 4.37. The molecular weight excluding hydrogens is 240 g/mol. The normalized spacial score (nSPS) is 14.5. The molecule has 0 unspecified atom stereocenters. The number of alkyl halides is 1. The smallest absolute Gasteiger partial charge is 0.258 e. The second-order valence-electron chi connectivity index (χ2n) is 3.99. The van der Waals surface area contributed by atoms with Crippen LogP contribution in [0.15, 0.2) is 18.5 Å². The minimum atomic E-state index is -0.0209. The number of halogens is 1. The quantitative estimate of drug-likeness (QED) is 0.754. The summed E-state index contributed by atoms with van der Waals surface area (Å²) >= 11 is 5.74. The third-order valence-electron chi connectivity index (χ3n) is 2.81. The van der Waals surface area contributed by atoms with E-state index < -0.39 is 0 Å². The molecule has 0 aromatic carbocycles. The minimum Gasteiger partial charge on any atom is -0.494 e. The molecule has 0 radical (unpaired) electrons. The van der Waals surface area contributed by atoms with E-state index in [4.69, 9.17) is 16.3 Å². The molecule has 1 aliphatic carbocycles. The Bertz CT molecular complexity index is 407. The largest absolute Gasteiger partial charge is 0.494 e. The van der Waals surface area contributed by atoms with Crippen molar-refractivity contribution in [1.82, 2.24) is 9.88 Å². The zero-order valence-corrected chi connectivity index (χ0v) is 10.5. The number of rotatable bonds is 5. The van der Waals surface area contributed by atoms with E-state index in [-0.39, 0.29) is 5.91 Å². The van der Waals surface area contributed by atoms with Crippen molar-refractivity contribution in [3.63, 3.8) is 0 Å². The van der Waals surface area contributed by atoms with E-state index in [0.717, 1.165) is 12.8 Å². The summed E-state index contributed by atoms with van der Waals surface area (Å²) in [6, 6.07) is 2.03. The fraction of sp³-hybridized carbons (Fsp3) is 0.500. The molecule has 1 aliphatic rings. The molecule has 0 saturated heterocycles. The summed E-state index contributed by atoms with van der Waals surface area (Å²) in [5, 5.41) is 0. The summed E-state index contributed by atoms with van der Waals surface area (Å²) < 4.78 is 5.15. The molecule has 0 atom stereocenters. The van der Waals surface area contributed by atoms with Crippen LogP contribution >= 0.6 is 11.6 Å². The summed E-state index contributed by atoms with van der Waals surface area (Å²) in [6.07, 6.45) is 5.28. The van der Waals surface area contributed by atoms with Gasteiger partial charge >= 0.3 is 0 Å². The Morgan fingerprint density at radius 2 is 2.41 bits per heavy atom. The number of carbonyl (C=O) groups is 1. The number of pyridine rings is 1. The Balaban J connectivity index is 2.21. The second kappa shape index (κ2) is 5.36. The van der Waals surface area contributed by atoms with Crippen molar-refractivity contribution in [2.45, 2.75) is 18.9 Å². The highest BCUT2D eigenvalue weighted by atomic mass is 35.5. The first-order valence-electron chi connectivity index (χ1n) is 5.63. The molecule has 1 fully saturated rings. The first kappa shape index (κ1) is 12.2. The van der Waals surface area contributed by atoms with Crippen molar-refractivity contribution >= 4 is 17.5 Å². The maximum Gasteiger partial charge on any atom is 0.258 e. The van der Waals surface area contributed by atoms with Gasteiger partial charge in [-0.05, 0) is 18.9 Å². The molecule has 1 aromatic rings. The molecule has 0 aliphatic heterocycles. The van der Waals surface area contributed by atoms with Gasteiger partial charge < -0.3 is 9.64 Å². The van der Waals surface area contributed by atoms with Gasteiger partial charge in [0.05, 0.1) is 18.9 Å². The molecule has 1 aromatic heterocycles. The third kappa shape index (κ3) is 2.69. The first-order chi connectivity index (χ1) is 8.27. The van der Waals surface area contributed by atoms with Crippen molar-refractivity contribution in [3.05, 3.63) is 24.0 Å². The summed E-state index contributed by atoms with van der Waals surface area (Å²) in [5.41, 5.74) is 0.555. The molecule has 92 valence electrons. The first-order valence-corrected chi connectivity index (χ1v) is 6.16. The van der Waals surface area contributed by atoms with E-state index in [2.05, 4.69) is 4.98 Å². The SMILES string of the molecule is COc1cnccc1C(=O)N(CCCl)C1CC1. The lowest BCUT2D eigenvalue weighted by Gasteiger charge is -2.22. The highest BCUT2D eigenvalue weighted by Gasteiger charge is 2.33. The monoisotopic (exact) mass is 254 g/mol. The van der Waals surface area contributed by atoms with Gasteiger partial charge in [-0.25, -0.2) is 0 Å². The zero-order chi connectivity index (χ0) is 12.3.